The average Bonchev–Trinajstić information content (AvgIpc) is 2.76. The first kappa shape index (κ1) is 24.3. The Bertz CT molecular complexity index is 1050. The van der Waals surface area contributed by atoms with Gasteiger partial charge < -0.3 is 15.7 Å². The Balaban J connectivity index is 2.22. The number of amides is 3. The number of benzene rings is 2. The molecule has 3 amide bonds. The molecule has 0 fully saturated rings. The van der Waals surface area contributed by atoms with E-state index in [4.69, 9.17) is 5.21 Å². The van der Waals surface area contributed by atoms with Crippen LogP contribution in [0.4, 0.5) is 8.78 Å². The van der Waals surface area contributed by atoms with E-state index < -0.39 is 35.7 Å². The number of nitrogens with one attached hydrogen (secondary N) is 3. The highest BCUT2D eigenvalue weighted by Crippen LogP contribution is 2.21. The fraction of sp³-hybridized carbons (Fsp3) is 0.227. The Hall–Kier alpha value is -3.97. The molecule has 0 aliphatic rings. The summed E-state index contributed by atoms with van der Waals surface area (Å²) in [4.78, 5) is 36.0. The molecule has 0 aliphatic carbocycles. The summed E-state index contributed by atoms with van der Waals surface area (Å²) in [6.45, 7) is 1.86. The van der Waals surface area contributed by atoms with E-state index in [1.165, 1.54) is 41.9 Å². The molecule has 32 heavy (non-hydrogen) atoms. The van der Waals surface area contributed by atoms with Crippen molar-refractivity contribution in [3.63, 3.8) is 0 Å². The lowest BCUT2D eigenvalue weighted by Crippen LogP contribution is -2.68. The number of hydrogen-bond donors (Lipinski definition) is 5. The first-order valence-electron chi connectivity index (χ1n) is 9.29. The van der Waals surface area contributed by atoms with Crippen molar-refractivity contribution in [3.8, 4) is 17.6 Å². The van der Waals surface area contributed by atoms with Gasteiger partial charge >= 0.3 is 0 Å². The Labute approximate surface area is 182 Å². The summed E-state index contributed by atoms with van der Waals surface area (Å²) < 4.78 is 27.4. The van der Waals surface area contributed by atoms with E-state index in [0.29, 0.717) is 11.1 Å². The molecular weight excluding hydrogens is 424 g/mol. The van der Waals surface area contributed by atoms with Crippen LogP contribution < -0.4 is 16.1 Å². The number of phenolic OH excluding ortho intramolecular Hbond substituents is 1. The van der Waals surface area contributed by atoms with Crippen LogP contribution in [0.25, 0.3) is 0 Å². The fourth-order valence-corrected chi connectivity index (χ4v) is 2.79. The van der Waals surface area contributed by atoms with Crippen LogP contribution in [0.2, 0.25) is 0 Å². The van der Waals surface area contributed by atoms with Crippen molar-refractivity contribution in [2.75, 3.05) is 0 Å². The second-order valence-electron chi connectivity index (χ2n) is 7.02. The largest absolute Gasteiger partial charge is 0.508 e. The molecule has 2 atom stereocenters. The van der Waals surface area contributed by atoms with Gasteiger partial charge in [-0.25, -0.2) is 14.3 Å². The van der Waals surface area contributed by atoms with E-state index in [2.05, 4.69) is 17.2 Å². The second kappa shape index (κ2) is 10.4. The molecule has 0 bridgehead atoms. The maximum atomic E-state index is 13.7. The molecule has 2 rings (SSSR count). The first-order valence-corrected chi connectivity index (χ1v) is 9.29. The van der Waals surface area contributed by atoms with Crippen LogP contribution in [-0.2, 0) is 9.59 Å². The highest BCUT2D eigenvalue weighted by atomic mass is 19.3. The topological polar surface area (TPSA) is 128 Å². The standard InChI is InChI=1S/C22H21F2N3O5/c1-13(28)26-22(2,21(23)24)18(20(31)27-32)25-19(30)16-9-5-14(6-10-16)3-4-15-7-11-17(29)12-8-15/h5-12,18,21,29,32H,1-2H3,(H,25,30)(H,26,28)(H,27,31)/t18-,22?/m1/s1. The van der Waals surface area contributed by atoms with Crippen LogP contribution in [0, 0.1) is 11.8 Å². The molecule has 0 saturated carbocycles. The van der Waals surface area contributed by atoms with Crippen molar-refractivity contribution < 1.29 is 33.5 Å². The number of carbonyl (C=O) groups excluding carboxylic acids is 3. The van der Waals surface area contributed by atoms with Gasteiger partial charge in [-0.3, -0.25) is 19.6 Å². The lowest BCUT2D eigenvalue weighted by Gasteiger charge is -2.36. The summed E-state index contributed by atoms with van der Waals surface area (Å²) in [6.07, 6.45) is -3.24. The highest BCUT2D eigenvalue weighted by molar-refractivity contribution is 5.98. The number of rotatable bonds is 6. The molecule has 10 heteroatoms. The highest BCUT2D eigenvalue weighted by Gasteiger charge is 2.48. The fourth-order valence-electron chi connectivity index (χ4n) is 2.79. The van der Waals surface area contributed by atoms with Crippen LogP contribution in [0.1, 0.15) is 35.3 Å². The van der Waals surface area contributed by atoms with E-state index in [9.17, 15) is 28.3 Å². The summed E-state index contributed by atoms with van der Waals surface area (Å²) >= 11 is 0. The van der Waals surface area contributed by atoms with Gasteiger partial charge in [-0.05, 0) is 55.5 Å². The molecule has 5 N–H and O–H groups in total. The molecule has 0 spiro atoms. The zero-order valence-corrected chi connectivity index (χ0v) is 17.1. The normalized spacial score (nSPS) is 13.2. The van der Waals surface area contributed by atoms with Gasteiger partial charge in [0.25, 0.3) is 18.2 Å². The monoisotopic (exact) mass is 445 g/mol. The molecule has 2 aromatic carbocycles. The van der Waals surface area contributed by atoms with Gasteiger partial charge in [0.1, 0.15) is 17.3 Å². The number of aromatic hydroxyl groups is 1. The molecule has 0 aliphatic heterocycles. The summed E-state index contributed by atoms with van der Waals surface area (Å²) in [6, 6.07) is 10.1. The van der Waals surface area contributed by atoms with E-state index in [1.54, 1.807) is 12.1 Å². The number of carbonyl (C=O) groups is 3. The Morgan fingerprint density at radius 3 is 1.91 bits per heavy atom. The zero-order chi connectivity index (χ0) is 23.9. The molecular formula is C22H21F2N3O5. The quantitative estimate of drug-likeness (QED) is 0.262. The van der Waals surface area contributed by atoms with Crippen molar-refractivity contribution in [2.24, 2.45) is 0 Å². The predicted molar refractivity (Wildman–Crippen MR) is 110 cm³/mol. The molecule has 0 aromatic heterocycles. The van der Waals surface area contributed by atoms with Gasteiger partial charge in [0, 0.05) is 23.6 Å². The number of phenols is 1. The molecule has 0 saturated heterocycles. The molecule has 0 heterocycles. The maximum absolute atomic E-state index is 13.7. The summed E-state index contributed by atoms with van der Waals surface area (Å²) in [7, 11) is 0. The molecule has 8 nitrogen and oxygen atoms in total. The molecule has 168 valence electrons. The summed E-state index contributed by atoms with van der Waals surface area (Å²) in [5.41, 5.74) is -0.00669. The third-order valence-electron chi connectivity index (χ3n) is 4.51. The number of alkyl halides is 2. The van der Waals surface area contributed by atoms with Gasteiger partial charge in [0.2, 0.25) is 5.91 Å². The van der Waals surface area contributed by atoms with Gasteiger partial charge in [-0.15, -0.1) is 0 Å². The van der Waals surface area contributed by atoms with Crippen molar-refractivity contribution in [1.29, 1.82) is 0 Å². The van der Waals surface area contributed by atoms with Crippen molar-refractivity contribution >= 4 is 17.7 Å². The van der Waals surface area contributed by atoms with E-state index in [-0.39, 0.29) is 11.3 Å². The Morgan fingerprint density at radius 2 is 1.47 bits per heavy atom. The van der Waals surface area contributed by atoms with Gasteiger partial charge in [-0.1, -0.05) is 11.8 Å². The zero-order valence-electron chi connectivity index (χ0n) is 17.1. The van der Waals surface area contributed by atoms with Crippen LogP contribution in [0.5, 0.6) is 5.75 Å². The van der Waals surface area contributed by atoms with Crippen LogP contribution in [0.15, 0.2) is 48.5 Å². The third kappa shape index (κ3) is 6.02. The smallest absolute Gasteiger partial charge is 0.268 e. The number of hydrogen-bond acceptors (Lipinski definition) is 5. The molecule has 1 unspecified atom stereocenters. The predicted octanol–water partition coefficient (Wildman–Crippen LogP) is 1.56. The van der Waals surface area contributed by atoms with E-state index >= 15 is 0 Å². The molecule has 2 aromatic rings. The SMILES string of the molecule is CC(=O)NC(C)(C(F)F)[C@H](NC(=O)c1ccc(C#Cc2ccc(O)cc2)cc1)C(=O)NO. The van der Waals surface area contributed by atoms with Crippen LogP contribution >= 0.6 is 0 Å². The van der Waals surface area contributed by atoms with E-state index in [1.807, 2.05) is 5.32 Å². The maximum Gasteiger partial charge on any atom is 0.268 e. The minimum Gasteiger partial charge on any atom is -0.508 e. The van der Waals surface area contributed by atoms with E-state index in [0.717, 1.165) is 13.8 Å². The second-order valence-corrected chi connectivity index (χ2v) is 7.02. The van der Waals surface area contributed by atoms with Gasteiger partial charge in [0.15, 0.2) is 0 Å². The Morgan fingerprint density at radius 1 is 0.969 bits per heavy atom. The number of hydroxylamine groups is 1. The Kier molecular flexibility index (Phi) is 7.87. The number of halogens is 2. The van der Waals surface area contributed by atoms with Crippen molar-refractivity contribution in [2.45, 2.75) is 31.9 Å². The minimum absolute atomic E-state index is 0.0374. The lowest BCUT2D eigenvalue weighted by molar-refractivity contribution is -0.137. The lowest BCUT2D eigenvalue weighted by atomic mass is 9.91. The van der Waals surface area contributed by atoms with Crippen LogP contribution in [0.3, 0.4) is 0 Å². The van der Waals surface area contributed by atoms with Crippen molar-refractivity contribution in [1.82, 2.24) is 16.1 Å². The minimum atomic E-state index is -3.24. The summed E-state index contributed by atoms with van der Waals surface area (Å²) in [5.74, 6) is 2.80. The van der Waals surface area contributed by atoms with Gasteiger partial charge in [0.05, 0.1) is 0 Å². The van der Waals surface area contributed by atoms with Gasteiger partial charge in [-0.2, -0.15) is 0 Å². The summed E-state index contributed by atoms with van der Waals surface area (Å²) in [5, 5.41) is 22.3. The average molecular weight is 445 g/mol. The van der Waals surface area contributed by atoms with Crippen molar-refractivity contribution in [3.05, 3.63) is 65.2 Å². The molecule has 0 radical (unpaired) electrons. The third-order valence-corrected chi connectivity index (χ3v) is 4.51. The van der Waals surface area contributed by atoms with Crippen LogP contribution in [-0.4, -0.2) is 46.0 Å². The first-order chi connectivity index (χ1) is 15.1.